The van der Waals surface area contributed by atoms with Gasteiger partial charge in [0.25, 0.3) is 5.91 Å². The molecular formula is C31H24N2O4. The number of rotatable bonds is 7. The number of nitrogens with one attached hydrogen (secondary N) is 1. The molecule has 5 rings (SSSR count). The standard InChI is InChI=1S/C31H24N2O4/c1-21(36-28-17-9-14-22-10-6-8-16-26(22)28)30(34)33-32-20-27-25-15-7-5-11-23(25)18-19-29(27)37-31(35)24-12-3-2-4-13-24/h2-21H,1H3,(H,33,34). The van der Waals surface area contributed by atoms with Crippen LogP contribution >= 0.6 is 0 Å². The van der Waals surface area contributed by atoms with Gasteiger partial charge >= 0.3 is 5.97 Å². The summed E-state index contributed by atoms with van der Waals surface area (Å²) in [4.78, 5) is 25.4. The Morgan fingerprint density at radius 3 is 2.16 bits per heavy atom. The highest BCUT2D eigenvalue weighted by molar-refractivity contribution is 6.04. The summed E-state index contributed by atoms with van der Waals surface area (Å²) in [6.45, 7) is 1.66. The lowest BCUT2D eigenvalue weighted by atomic mass is 10.0. The Hall–Kier alpha value is -4.97. The maximum atomic E-state index is 12.7. The second-order valence-corrected chi connectivity index (χ2v) is 8.43. The van der Waals surface area contributed by atoms with Gasteiger partial charge in [0.2, 0.25) is 0 Å². The van der Waals surface area contributed by atoms with Crippen molar-refractivity contribution in [3.05, 3.63) is 120 Å². The zero-order chi connectivity index (χ0) is 25.6. The molecule has 5 aromatic carbocycles. The first kappa shape index (κ1) is 23.8. The highest BCUT2D eigenvalue weighted by Crippen LogP contribution is 2.28. The van der Waals surface area contributed by atoms with E-state index in [0.29, 0.717) is 22.6 Å². The van der Waals surface area contributed by atoms with Crippen molar-refractivity contribution in [1.82, 2.24) is 5.43 Å². The third-order valence-electron chi connectivity index (χ3n) is 5.93. The van der Waals surface area contributed by atoms with E-state index in [0.717, 1.165) is 21.5 Å². The molecule has 0 aliphatic carbocycles. The van der Waals surface area contributed by atoms with Gasteiger partial charge in [0.1, 0.15) is 11.5 Å². The van der Waals surface area contributed by atoms with Gasteiger partial charge in [0.05, 0.1) is 11.8 Å². The van der Waals surface area contributed by atoms with Gasteiger partial charge in [0, 0.05) is 10.9 Å². The predicted molar refractivity (Wildman–Crippen MR) is 145 cm³/mol. The first-order valence-corrected chi connectivity index (χ1v) is 11.9. The van der Waals surface area contributed by atoms with Gasteiger partial charge in [0.15, 0.2) is 6.10 Å². The van der Waals surface area contributed by atoms with Crippen LogP contribution in [0, 0.1) is 0 Å². The van der Waals surface area contributed by atoms with Gasteiger partial charge in [-0.3, -0.25) is 4.79 Å². The molecule has 0 aliphatic heterocycles. The first-order chi connectivity index (χ1) is 18.1. The molecule has 6 nitrogen and oxygen atoms in total. The number of hydrogen-bond donors (Lipinski definition) is 1. The Morgan fingerprint density at radius 1 is 0.730 bits per heavy atom. The highest BCUT2D eigenvalue weighted by atomic mass is 16.5. The van der Waals surface area contributed by atoms with Gasteiger partial charge in [-0.1, -0.05) is 84.9 Å². The Labute approximate surface area is 214 Å². The molecule has 0 radical (unpaired) electrons. The maximum absolute atomic E-state index is 12.7. The molecule has 1 unspecified atom stereocenters. The summed E-state index contributed by atoms with van der Waals surface area (Å²) in [6.07, 6.45) is 0.698. The topological polar surface area (TPSA) is 77.0 Å². The normalized spacial score (nSPS) is 11.9. The number of carbonyl (C=O) groups excluding carboxylic acids is 2. The zero-order valence-electron chi connectivity index (χ0n) is 20.1. The molecule has 0 aliphatic rings. The Kier molecular flexibility index (Phi) is 6.90. The number of fused-ring (bicyclic) bond motifs is 2. The van der Waals surface area contributed by atoms with E-state index in [1.807, 2.05) is 78.9 Å². The fourth-order valence-electron chi connectivity index (χ4n) is 4.02. The second-order valence-electron chi connectivity index (χ2n) is 8.43. The van der Waals surface area contributed by atoms with Crippen LogP contribution in [0.15, 0.2) is 114 Å². The quantitative estimate of drug-likeness (QED) is 0.129. The van der Waals surface area contributed by atoms with Crippen molar-refractivity contribution in [3.8, 4) is 11.5 Å². The van der Waals surface area contributed by atoms with Crippen LogP contribution in [0.3, 0.4) is 0 Å². The van der Waals surface area contributed by atoms with Gasteiger partial charge in [-0.25, -0.2) is 10.2 Å². The zero-order valence-corrected chi connectivity index (χ0v) is 20.1. The van der Waals surface area contributed by atoms with Crippen molar-refractivity contribution >= 4 is 39.6 Å². The van der Waals surface area contributed by atoms with E-state index in [4.69, 9.17) is 9.47 Å². The van der Waals surface area contributed by atoms with Crippen molar-refractivity contribution in [2.45, 2.75) is 13.0 Å². The lowest BCUT2D eigenvalue weighted by molar-refractivity contribution is -0.127. The number of hydrazone groups is 1. The van der Waals surface area contributed by atoms with Crippen LogP contribution < -0.4 is 14.9 Å². The molecular weight excluding hydrogens is 464 g/mol. The molecule has 0 saturated heterocycles. The number of benzene rings is 5. The van der Waals surface area contributed by atoms with Crippen molar-refractivity contribution < 1.29 is 19.1 Å². The number of carbonyl (C=O) groups is 2. The Balaban J connectivity index is 1.35. The molecule has 5 aromatic rings. The summed E-state index contributed by atoms with van der Waals surface area (Å²) in [6, 6.07) is 33.6. The monoisotopic (exact) mass is 488 g/mol. The summed E-state index contributed by atoms with van der Waals surface area (Å²) in [5.41, 5.74) is 3.55. The number of hydrogen-bond acceptors (Lipinski definition) is 5. The van der Waals surface area contributed by atoms with E-state index in [-0.39, 0.29) is 0 Å². The molecule has 0 bridgehead atoms. The van der Waals surface area contributed by atoms with E-state index in [9.17, 15) is 9.59 Å². The van der Waals surface area contributed by atoms with E-state index in [1.165, 1.54) is 6.21 Å². The molecule has 0 spiro atoms. The van der Waals surface area contributed by atoms with Crippen LogP contribution in [0.25, 0.3) is 21.5 Å². The van der Waals surface area contributed by atoms with E-state index < -0.39 is 18.0 Å². The van der Waals surface area contributed by atoms with Crippen molar-refractivity contribution in [2.24, 2.45) is 5.10 Å². The molecule has 0 heterocycles. The van der Waals surface area contributed by atoms with Gasteiger partial charge in [-0.2, -0.15) is 5.10 Å². The van der Waals surface area contributed by atoms with E-state index in [2.05, 4.69) is 10.5 Å². The van der Waals surface area contributed by atoms with E-state index in [1.54, 1.807) is 37.3 Å². The Bertz CT molecular complexity index is 1610. The van der Waals surface area contributed by atoms with Crippen LogP contribution in [0.5, 0.6) is 11.5 Å². The lowest BCUT2D eigenvalue weighted by Crippen LogP contribution is -2.33. The van der Waals surface area contributed by atoms with Crippen molar-refractivity contribution in [3.63, 3.8) is 0 Å². The second kappa shape index (κ2) is 10.7. The van der Waals surface area contributed by atoms with Crippen LogP contribution in [0.2, 0.25) is 0 Å². The summed E-state index contributed by atoms with van der Waals surface area (Å²) in [5.74, 6) is 0.0680. The molecule has 0 aromatic heterocycles. The molecule has 0 saturated carbocycles. The lowest BCUT2D eigenvalue weighted by Gasteiger charge is -2.15. The third-order valence-corrected chi connectivity index (χ3v) is 5.93. The predicted octanol–water partition coefficient (Wildman–Crippen LogP) is 6.13. The molecule has 1 amide bonds. The number of ether oxygens (including phenoxy) is 2. The number of nitrogens with zero attached hydrogens (tertiary/aromatic N) is 1. The van der Waals surface area contributed by atoms with E-state index >= 15 is 0 Å². The number of esters is 1. The van der Waals surface area contributed by atoms with Crippen LogP contribution in [-0.2, 0) is 4.79 Å². The summed E-state index contributed by atoms with van der Waals surface area (Å²) < 4.78 is 11.6. The molecule has 1 atom stereocenters. The summed E-state index contributed by atoms with van der Waals surface area (Å²) in [5, 5.41) is 7.89. The highest BCUT2D eigenvalue weighted by Gasteiger charge is 2.16. The number of amides is 1. The van der Waals surface area contributed by atoms with Crippen molar-refractivity contribution in [1.29, 1.82) is 0 Å². The van der Waals surface area contributed by atoms with Crippen LogP contribution in [0.4, 0.5) is 0 Å². The SMILES string of the molecule is CC(Oc1cccc2ccccc12)C(=O)NN=Cc1c(OC(=O)c2ccccc2)ccc2ccccc12. The smallest absolute Gasteiger partial charge is 0.343 e. The van der Waals surface area contributed by atoms with Crippen LogP contribution in [0.1, 0.15) is 22.8 Å². The Morgan fingerprint density at radius 2 is 1.38 bits per heavy atom. The fourth-order valence-corrected chi connectivity index (χ4v) is 4.02. The molecule has 37 heavy (non-hydrogen) atoms. The van der Waals surface area contributed by atoms with Gasteiger partial charge < -0.3 is 9.47 Å². The minimum Gasteiger partial charge on any atom is -0.480 e. The fraction of sp³-hybridized carbons (Fsp3) is 0.0645. The van der Waals surface area contributed by atoms with Crippen LogP contribution in [-0.4, -0.2) is 24.2 Å². The molecule has 182 valence electrons. The summed E-state index contributed by atoms with van der Waals surface area (Å²) in [7, 11) is 0. The maximum Gasteiger partial charge on any atom is 0.343 e. The van der Waals surface area contributed by atoms with Crippen molar-refractivity contribution in [2.75, 3.05) is 0 Å². The summed E-state index contributed by atoms with van der Waals surface area (Å²) >= 11 is 0. The average Bonchev–Trinajstić information content (AvgIpc) is 2.94. The minimum absolute atomic E-state index is 0.339. The largest absolute Gasteiger partial charge is 0.480 e. The van der Waals surface area contributed by atoms with Gasteiger partial charge in [-0.05, 0) is 47.3 Å². The third kappa shape index (κ3) is 5.33. The molecule has 0 fully saturated rings. The molecule has 6 heteroatoms. The first-order valence-electron chi connectivity index (χ1n) is 11.9. The average molecular weight is 489 g/mol. The minimum atomic E-state index is -0.786. The van der Waals surface area contributed by atoms with Gasteiger partial charge in [-0.15, -0.1) is 0 Å². The molecule has 1 N–H and O–H groups in total.